The fraction of sp³-hybridized carbons (Fsp3) is 0.524. The molecule has 0 saturated carbocycles. The standard InChI is InChI=1S/C21H26N4O5/c22-13-6-9-24(10-7-13)8-1-11-30-14-2-3-15-16(12-14)21(29)25(20(15)28)17-4-5-18(26)23-19(17)27/h2-3,12-13,17H,1,4-11,22H2,(H,23,26,27). The fourth-order valence-electron chi connectivity index (χ4n) is 4.19. The molecule has 9 nitrogen and oxygen atoms in total. The molecule has 0 aliphatic carbocycles. The second-order valence-corrected chi connectivity index (χ2v) is 8.04. The number of piperidine rings is 2. The fourth-order valence-corrected chi connectivity index (χ4v) is 4.19. The molecule has 0 bridgehead atoms. The zero-order chi connectivity index (χ0) is 21.3. The number of nitrogens with two attached hydrogens (primary N) is 1. The number of carbonyl (C=O) groups is 4. The summed E-state index contributed by atoms with van der Waals surface area (Å²) in [5.41, 5.74) is 6.40. The first-order chi connectivity index (χ1) is 14.4. The molecule has 3 aliphatic rings. The molecular weight excluding hydrogens is 388 g/mol. The van der Waals surface area contributed by atoms with E-state index in [0.29, 0.717) is 18.4 Å². The van der Waals surface area contributed by atoms with E-state index in [1.54, 1.807) is 18.2 Å². The van der Waals surface area contributed by atoms with Gasteiger partial charge >= 0.3 is 0 Å². The largest absolute Gasteiger partial charge is 0.494 e. The molecule has 0 spiro atoms. The Kier molecular flexibility index (Phi) is 5.83. The molecule has 160 valence electrons. The molecular formula is C21H26N4O5. The van der Waals surface area contributed by atoms with Crippen molar-refractivity contribution in [2.24, 2.45) is 5.73 Å². The summed E-state index contributed by atoms with van der Waals surface area (Å²) < 4.78 is 5.79. The number of imide groups is 2. The minimum Gasteiger partial charge on any atom is -0.494 e. The first kappa shape index (κ1) is 20.5. The first-order valence-electron chi connectivity index (χ1n) is 10.4. The number of rotatable bonds is 6. The van der Waals surface area contributed by atoms with Crippen molar-refractivity contribution in [1.82, 2.24) is 15.1 Å². The highest BCUT2D eigenvalue weighted by Crippen LogP contribution is 2.30. The quantitative estimate of drug-likeness (QED) is 0.506. The van der Waals surface area contributed by atoms with Crippen molar-refractivity contribution in [2.45, 2.75) is 44.2 Å². The Bertz CT molecular complexity index is 878. The summed E-state index contributed by atoms with van der Waals surface area (Å²) in [4.78, 5) is 52.3. The third kappa shape index (κ3) is 4.08. The monoisotopic (exact) mass is 414 g/mol. The average Bonchev–Trinajstić information content (AvgIpc) is 2.97. The predicted octanol–water partition coefficient (Wildman–Crippen LogP) is 0.280. The van der Waals surface area contributed by atoms with Crippen LogP contribution in [0.25, 0.3) is 0 Å². The van der Waals surface area contributed by atoms with Gasteiger partial charge in [-0.15, -0.1) is 0 Å². The van der Waals surface area contributed by atoms with E-state index in [1.807, 2.05) is 0 Å². The van der Waals surface area contributed by atoms with Gasteiger partial charge < -0.3 is 15.4 Å². The lowest BCUT2D eigenvalue weighted by Crippen LogP contribution is -2.54. The maximum absolute atomic E-state index is 12.8. The van der Waals surface area contributed by atoms with E-state index in [0.717, 1.165) is 43.8 Å². The molecule has 1 atom stereocenters. The van der Waals surface area contributed by atoms with E-state index in [9.17, 15) is 19.2 Å². The molecule has 1 aromatic rings. The topological polar surface area (TPSA) is 122 Å². The Morgan fingerprint density at radius 2 is 1.77 bits per heavy atom. The van der Waals surface area contributed by atoms with Gasteiger partial charge in [0.2, 0.25) is 11.8 Å². The van der Waals surface area contributed by atoms with Gasteiger partial charge in [0.25, 0.3) is 11.8 Å². The highest BCUT2D eigenvalue weighted by Gasteiger charge is 2.44. The van der Waals surface area contributed by atoms with Gasteiger partial charge in [0.1, 0.15) is 11.8 Å². The molecule has 4 amide bonds. The molecule has 30 heavy (non-hydrogen) atoms. The average molecular weight is 414 g/mol. The van der Waals surface area contributed by atoms with Crippen LogP contribution in [0.5, 0.6) is 5.75 Å². The normalized spacial score (nSPS) is 23.0. The number of nitrogens with zero attached hydrogens (tertiary/aromatic N) is 2. The summed E-state index contributed by atoms with van der Waals surface area (Å²) in [6.45, 7) is 3.44. The summed E-state index contributed by atoms with van der Waals surface area (Å²) in [6.07, 6.45) is 3.13. The molecule has 0 radical (unpaired) electrons. The van der Waals surface area contributed by atoms with Crippen LogP contribution < -0.4 is 15.8 Å². The van der Waals surface area contributed by atoms with Gasteiger partial charge in [-0.3, -0.25) is 29.4 Å². The van der Waals surface area contributed by atoms with Crippen LogP contribution in [0.4, 0.5) is 0 Å². The highest BCUT2D eigenvalue weighted by atomic mass is 16.5. The van der Waals surface area contributed by atoms with Crippen LogP contribution in [0.1, 0.15) is 52.8 Å². The maximum atomic E-state index is 12.8. The molecule has 2 fully saturated rings. The van der Waals surface area contributed by atoms with Crippen LogP contribution in [-0.4, -0.2) is 71.8 Å². The van der Waals surface area contributed by atoms with Crippen LogP contribution in [0.15, 0.2) is 18.2 Å². The molecule has 3 aliphatic heterocycles. The lowest BCUT2D eigenvalue weighted by Gasteiger charge is -2.29. The minimum absolute atomic E-state index is 0.0983. The number of ether oxygens (including phenoxy) is 1. The Balaban J connectivity index is 1.35. The number of likely N-dealkylation sites (tertiary alicyclic amines) is 1. The Labute approximate surface area is 174 Å². The lowest BCUT2D eigenvalue weighted by molar-refractivity contribution is -0.136. The number of hydrogen-bond acceptors (Lipinski definition) is 7. The van der Waals surface area contributed by atoms with E-state index >= 15 is 0 Å². The van der Waals surface area contributed by atoms with Crippen LogP contribution in [0.2, 0.25) is 0 Å². The van der Waals surface area contributed by atoms with Gasteiger partial charge in [-0.1, -0.05) is 0 Å². The van der Waals surface area contributed by atoms with Crippen molar-refractivity contribution < 1.29 is 23.9 Å². The molecule has 0 aromatic heterocycles. The van der Waals surface area contributed by atoms with E-state index in [1.165, 1.54) is 0 Å². The molecule has 4 rings (SSSR count). The van der Waals surface area contributed by atoms with Gasteiger partial charge in [0, 0.05) is 19.0 Å². The number of fused-ring (bicyclic) bond motifs is 1. The van der Waals surface area contributed by atoms with E-state index in [2.05, 4.69) is 10.2 Å². The van der Waals surface area contributed by atoms with Crippen LogP contribution >= 0.6 is 0 Å². The van der Waals surface area contributed by atoms with Crippen LogP contribution in [0, 0.1) is 0 Å². The third-order valence-electron chi connectivity index (χ3n) is 5.93. The zero-order valence-corrected chi connectivity index (χ0v) is 16.8. The molecule has 3 N–H and O–H groups in total. The van der Waals surface area contributed by atoms with Crippen molar-refractivity contribution in [2.75, 3.05) is 26.2 Å². The van der Waals surface area contributed by atoms with Gasteiger partial charge in [0.15, 0.2) is 0 Å². The van der Waals surface area contributed by atoms with Gasteiger partial charge in [0.05, 0.1) is 17.7 Å². The first-order valence-corrected chi connectivity index (χ1v) is 10.4. The van der Waals surface area contributed by atoms with E-state index < -0.39 is 29.7 Å². The predicted molar refractivity (Wildman–Crippen MR) is 107 cm³/mol. The van der Waals surface area contributed by atoms with E-state index in [-0.39, 0.29) is 24.0 Å². The van der Waals surface area contributed by atoms with Gasteiger partial charge in [-0.05, 0) is 57.0 Å². The summed E-state index contributed by atoms with van der Waals surface area (Å²) >= 11 is 0. The second kappa shape index (κ2) is 8.53. The molecule has 9 heteroatoms. The SMILES string of the molecule is NC1CCN(CCCOc2ccc3c(c2)C(=O)N(C2CCC(=O)NC2=O)C3=O)CC1. The molecule has 3 heterocycles. The number of benzene rings is 1. The van der Waals surface area contributed by atoms with E-state index in [4.69, 9.17) is 10.5 Å². The number of hydrogen-bond donors (Lipinski definition) is 2. The minimum atomic E-state index is -0.961. The van der Waals surface area contributed by atoms with Crippen molar-refractivity contribution in [3.8, 4) is 5.75 Å². The lowest BCUT2D eigenvalue weighted by atomic mass is 10.0. The van der Waals surface area contributed by atoms with Crippen molar-refractivity contribution in [3.63, 3.8) is 0 Å². The van der Waals surface area contributed by atoms with Crippen LogP contribution in [-0.2, 0) is 9.59 Å². The Hall–Kier alpha value is -2.78. The van der Waals surface area contributed by atoms with Gasteiger partial charge in [-0.25, -0.2) is 0 Å². The summed E-state index contributed by atoms with van der Waals surface area (Å²) in [5.74, 6) is -1.54. The number of carbonyl (C=O) groups excluding carboxylic acids is 4. The number of amides is 4. The van der Waals surface area contributed by atoms with Crippen molar-refractivity contribution >= 4 is 23.6 Å². The molecule has 1 aromatic carbocycles. The van der Waals surface area contributed by atoms with Crippen molar-refractivity contribution in [1.29, 1.82) is 0 Å². The smallest absolute Gasteiger partial charge is 0.262 e. The molecule has 1 unspecified atom stereocenters. The molecule has 2 saturated heterocycles. The second-order valence-electron chi connectivity index (χ2n) is 8.04. The Morgan fingerprint density at radius 3 is 2.50 bits per heavy atom. The summed E-state index contributed by atoms with van der Waals surface area (Å²) in [7, 11) is 0. The third-order valence-corrected chi connectivity index (χ3v) is 5.93. The summed E-state index contributed by atoms with van der Waals surface area (Å²) in [5, 5.41) is 2.19. The Morgan fingerprint density at radius 1 is 1.03 bits per heavy atom. The maximum Gasteiger partial charge on any atom is 0.262 e. The summed E-state index contributed by atoms with van der Waals surface area (Å²) in [6, 6.07) is 4.13. The highest BCUT2D eigenvalue weighted by molar-refractivity contribution is 6.23. The van der Waals surface area contributed by atoms with Crippen molar-refractivity contribution in [3.05, 3.63) is 29.3 Å². The van der Waals surface area contributed by atoms with Crippen LogP contribution in [0.3, 0.4) is 0 Å². The zero-order valence-electron chi connectivity index (χ0n) is 16.8. The van der Waals surface area contributed by atoms with Gasteiger partial charge in [-0.2, -0.15) is 0 Å². The number of nitrogens with one attached hydrogen (secondary N) is 1.